The molecule has 1 radical (unpaired) electrons. The summed E-state index contributed by atoms with van der Waals surface area (Å²) >= 11 is 0. The quantitative estimate of drug-likeness (QED) is 0.414. The van der Waals surface area contributed by atoms with Crippen LogP contribution in [0.2, 0.25) is 0 Å². The molecule has 1 atom stereocenters. The maximum Gasteiger partial charge on any atom is 0.306 e. The molecule has 1 aliphatic heterocycles. The fraction of sp³-hybridized carbons (Fsp3) is 0.600. The van der Waals surface area contributed by atoms with E-state index in [1.165, 1.54) is 0 Å². The Bertz CT molecular complexity index is 88.1. The number of carbonyl (C=O) groups excluding carboxylic acids is 1. The highest BCUT2D eigenvalue weighted by atomic mass is 16.5. The van der Waals surface area contributed by atoms with Gasteiger partial charge in [-0.25, -0.2) is 0 Å². The van der Waals surface area contributed by atoms with E-state index in [9.17, 15) is 4.79 Å². The van der Waals surface area contributed by atoms with Crippen molar-refractivity contribution in [1.29, 1.82) is 0 Å². The summed E-state index contributed by atoms with van der Waals surface area (Å²) in [4.78, 5) is 10.2. The summed E-state index contributed by atoms with van der Waals surface area (Å²) in [6.07, 6.45) is 2.39. The van der Waals surface area contributed by atoms with Gasteiger partial charge in [-0.3, -0.25) is 4.79 Å². The number of hydrogen-bond acceptors (Lipinski definition) is 2. The lowest BCUT2D eigenvalue weighted by atomic mass is 10.3. The van der Waals surface area contributed by atoms with Crippen molar-refractivity contribution in [2.24, 2.45) is 0 Å². The lowest BCUT2D eigenvalue weighted by molar-refractivity contribution is -0.140. The molecular formula is C5H7O2. The summed E-state index contributed by atoms with van der Waals surface area (Å²) < 4.78 is 4.67. The van der Waals surface area contributed by atoms with E-state index >= 15 is 0 Å². The summed E-state index contributed by atoms with van der Waals surface area (Å²) in [5.41, 5.74) is 0. The Balaban J connectivity index is 2.40. The largest absolute Gasteiger partial charge is 0.462 e. The molecule has 0 N–H and O–H groups in total. The van der Waals surface area contributed by atoms with E-state index in [2.05, 4.69) is 4.74 Å². The van der Waals surface area contributed by atoms with Crippen LogP contribution in [0, 0.1) is 6.42 Å². The zero-order valence-electron chi connectivity index (χ0n) is 4.18. The summed E-state index contributed by atoms with van der Waals surface area (Å²) in [6.45, 7) is 1.85. The molecule has 0 aromatic rings. The van der Waals surface area contributed by atoms with E-state index in [4.69, 9.17) is 0 Å². The number of hydrogen-bond donors (Lipinski definition) is 0. The minimum absolute atomic E-state index is 0.0486. The first kappa shape index (κ1) is 4.62. The molecule has 0 aromatic heterocycles. The van der Waals surface area contributed by atoms with Crippen molar-refractivity contribution in [2.75, 3.05) is 0 Å². The second-order valence-electron chi connectivity index (χ2n) is 1.63. The maximum atomic E-state index is 10.2. The third kappa shape index (κ3) is 0.918. The van der Waals surface area contributed by atoms with Crippen LogP contribution in [0.4, 0.5) is 0 Å². The van der Waals surface area contributed by atoms with Gasteiger partial charge in [-0.2, -0.15) is 0 Å². The van der Waals surface area contributed by atoms with Crippen molar-refractivity contribution in [3.8, 4) is 0 Å². The van der Waals surface area contributed by atoms with Crippen LogP contribution in [0.1, 0.15) is 13.3 Å². The van der Waals surface area contributed by atoms with E-state index in [0.29, 0.717) is 6.42 Å². The first-order valence-corrected chi connectivity index (χ1v) is 2.32. The van der Waals surface area contributed by atoms with Gasteiger partial charge in [0.05, 0.1) is 6.42 Å². The molecular weight excluding hydrogens is 92.1 g/mol. The number of esters is 1. The Morgan fingerprint density at radius 2 is 2.71 bits per heavy atom. The molecule has 0 spiro atoms. The molecule has 0 bridgehead atoms. The summed E-state index contributed by atoms with van der Waals surface area (Å²) in [7, 11) is 0. The monoisotopic (exact) mass is 99.0 g/mol. The molecule has 1 rings (SSSR count). The number of cyclic esters (lactones) is 1. The van der Waals surface area contributed by atoms with Crippen LogP contribution < -0.4 is 0 Å². The fourth-order valence-corrected chi connectivity index (χ4v) is 0.566. The van der Waals surface area contributed by atoms with Crippen LogP contribution in [-0.2, 0) is 9.53 Å². The third-order valence-electron chi connectivity index (χ3n) is 0.934. The zero-order chi connectivity index (χ0) is 5.28. The van der Waals surface area contributed by atoms with Gasteiger partial charge in [-0.15, -0.1) is 0 Å². The molecule has 1 heterocycles. The topological polar surface area (TPSA) is 26.3 Å². The van der Waals surface area contributed by atoms with Crippen LogP contribution >= 0.6 is 0 Å². The van der Waals surface area contributed by atoms with Gasteiger partial charge in [0.2, 0.25) is 0 Å². The van der Waals surface area contributed by atoms with E-state index in [1.54, 1.807) is 0 Å². The fourth-order valence-electron chi connectivity index (χ4n) is 0.566. The molecule has 1 unspecified atom stereocenters. The van der Waals surface area contributed by atoms with Gasteiger partial charge in [0.25, 0.3) is 0 Å². The van der Waals surface area contributed by atoms with Crippen molar-refractivity contribution in [2.45, 2.75) is 19.4 Å². The molecule has 0 aromatic carbocycles. The highest BCUT2D eigenvalue weighted by molar-refractivity contribution is 5.73. The van der Waals surface area contributed by atoms with E-state index in [-0.39, 0.29) is 12.1 Å². The van der Waals surface area contributed by atoms with E-state index < -0.39 is 0 Å². The van der Waals surface area contributed by atoms with Crippen molar-refractivity contribution in [3.63, 3.8) is 0 Å². The highest BCUT2D eigenvalue weighted by Gasteiger charge is 2.18. The first-order valence-electron chi connectivity index (χ1n) is 2.32. The molecule has 0 aliphatic carbocycles. The molecule has 1 aliphatic rings. The first-order chi connectivity index (χ1) is 3.29. The Labute approximate surface area is 42.5 Å². The SMILES string of the molecule is CC1[CH]CC(=O)O1. The van der Waals surface area contributed by atoms with Gasteiger partial charge in [0.1, 0.15) is 6.10 Å². The van der Waals surface area contributed by atoms with Crippen LogP contribution in [0.5, 0.6) is 0 Å². The molecule has 1 fully saturated rings. The van der Waals surface area contributed by atoms with Gasteiger partial charge >= 0.3 is 5.97 Å². The average molecular weight is 99.1 g/mol. The lowest BCUT2D eigenvalue weighted by Crippen LogP contribution is -1.99. The van der Waals surface area contributed by atoms with Gasteiger partial charge in [-0.05, 0) is 6.92 Å². The number of ether oxygens (including phenoxy) is 1. The lowest BCUT2D eigenvalue weighted by Gasteiger charge is -1.95. The van der Waals surface area contributed by atoms with Crippen molar-refractivity contribution in [1.82, 2.24) is 0 Å². The smallest absolute Gasteiger partial charge is 0.306 e. The van der Waals surface area contributed by atoms with Gasteiger partial charge in [0.15, 0.2) is 0 Å². The van der Waals surface area contributed by atoms with Crippen LogP contribution in [-0.4, -0.2) is 12.1 Å². The second kappa shape index (κ2) is 1.52. The maximum absolute atomic E-state index is 10.2. The standard InChI is InChI=1S/C5H7O2/c1-4-2-3-5(6)7-4/h2,4H,3H2,1H3. The summed E-state index contributed by atoms with van der Waals surface area (Å²) in [5.74, 6) is -0.104. The normalized spacial score (nSPS) is 30.4. The van der Waals surface area contributed by atoms with Gasteiger partial charge < -0.3 is 4.74 Å². The minimum atomic E-state index is -0.104. The van der Waals surface area contributed by atoms with Gasteiger partial charge in [-0.1, -0.05) is 0 Å². The molecule has 1 saturated heterocycles. The molecule has 0 amide bonds. The number of rotatable bonds is 0. The van der Waals surface area contributed by atoms with Crippen LogP contribution in [0.3, 0.4) is 0 Å². The highest BCUT2D eigenvalue weighted by Crippen LogP contribution is 2.09. The molecule has 2 nitrogen and oxygen atoms in total. The Kier molecular flexibility index (Phi) is 1.01. The summed E-state index contributed by atoms with van der Waals surface area (Å²) in [6, 6.07) is 0. The Morgan fingerprint density at radius 1 is 2.00 bits per heavy atom. The van der Waals surface area contributed by atoms with Crippen LogP contribution in [0.25, 0.3) is 0 Å². The van der Waals surface area contributed by atoms with E-state index in [0.717, 1.165) is 0 Å². The molecule has 39 valence electrons. The summed E-state index contributed by atoms with van der Waals surface area (Å²) in [5, 5.41) is 0. The zero-order valence-corrected chi connectivity index (χ0v) is 4.18. The van der Waals surface area contributed by atoms with Crippen molar-refractivity contribution >= 4 is 5.97 Å². The van der Waals surface area contributed by atoms with Crippen molar-refractivity contribution < 1.29 is 9.53 Å². The minimum Gasteiger partial charge on any atom is -0.462 e. The molecule has 0 saturated carbocycles. The predicted octanol–water partition coefficient (Wildman–Crippen LogP) is 0.526. The third-order valence-corrected chi connectivity index (χ3v) is 0.934. The average Bonchev–Trinajstić information content (AvgIpc) is 1.87. The molecule has 2 heteroatoms. The van der Waals surface area contributed by atoms with Crippen LogP contribution in [0.15, 0.2) is 0 Å². The van der Waals surface area contributed by atoms with E-state index in [1.807, 2.05) is 13.3 Å². The second-order valence-corrected chi connectivity index (χ2v) is 1.63. The Morgan fingerprint density at radius 3 is 2.86 bits per heavy atom. The van der Waals surface area contributed by atoms with Crippen molar-refractivity contribution in [3.05, 3.63) is 6.42 Å². The Hall–Kier alpha value is -0.530. The van der Waals surface area contributed by atoms with Gasteiger partial charge in [0, 0.05) is 6.42 Å². The molecule has 7 heavy (non-hydrogen) atoms. The number of carbonyl (C=O) groups is 1. The predicted molar refractivity (Wildman–Crippen MR) is 24.5 cm³/mol.